The van der Waals surface area contributed by atoms with Gasteiger partial charge in [-0.3, -0.25) is 9.10 Å². The van der Waals surface area contributed by atoms with Crippen LogP contribution in [-0.2, 0) is 20.6 Å². The average Bonchev–Trinajstić information content (AvgIpc) is 2.77. The Morgan fingerprint density at radius 3 is 2.31 bits per heavy atom. The molecule has 168 valence electrons. The van der Waals surface area contributed by atoms with Crippen molar-refractivity contribution in [3.63, 3.8) is 0 Å². The molecular formula is C23H23ClN2O4S2. The maximum absolute atomic E-state index is 12.8. The van der Waals surface area contributed by atoms with E-state index in [1.54, 1.807) is 42.1 Å². The topological polar surface area (TPSA) is 75.7 Å². The van der Waals surface area contributed by atoms with Crippen molar-refractivity contribution in [3.8, 4) is 5.75 Å². The second kappa shape index (κ2) is 10.8. The molecular weight excluding hydrogens is 468 g/mol. The van der Waals surface area contributed by atoms with Crippen LogP contribution in [0.2, 0.25) is 5.02 Å². The number of rotatable bonds is 9. The molecule has 6 nitrogen and oxygen atoms in total. The molecule has 0 aliphatic heterocycles. The summed E-state index contributed by atoms with van der Waals surface area (Å²) in [5.74, 6) is 0.856. The zero-order valence-corrected chi connectivity index (χ0v) is 20.0. The number of para-hydroxylation sites is 1. The van der Waals surface area contributed by atoms with Crippen LogP contribution in [0.1, 0.15) is 5.56 Å². The number of anilines is 2. The summed E-state index contributed by atoms with van der Waals surface area (Å²) in [5.41, 5.74) is 2.11. The number of ether oxygens (including phenoxy) is 1. The van der Waals surface area contributed by atoms with Gasteiger partial charge < -0.3 is 10.1 Å². The SMILES string of the molecule is COc1ccc(N(CC(=O)Nc2ccccc2SCc2ccc(Cl)cc2)S(C)(=O)=O)cc1. The molecule has 1 N–H and O–H groups in total. The van der Waals surface area contributed by atoms with Gasteiger partial charge in [-0.1, -0.05) is 35.9 Å². The van der Waals surface area contributed by atoms with Crippen LogP contribution in [-0.4, -0.2) is 34.2 Å². The normalized spacial score (nSPS) is 11.1. The molecule has 0 aromatic heterocycles. The van der Waals surface area contributed by atoms with E-state index in [4.69, 9.17) is 16.3 Å². The second-order valence-electron chi connectivity index (χ2n) is 6.93. The number of thioether (sulfide) groups is 1. The zero-order valence-electron chi connectivity index (χ0n) is 17.6. The summed E-state index contributed by atoms with van der Waals surface area (Å²) >= 11 is 7.51. The number of benzene rings is 3. The zero-order chi connectivity index (χ0) is 23.1. The van der Waals surface area contributed by atoms with Crippen molar-refractivity contribution in [1.29, 1.82) is 0 Å². The van der Waals surface area contributed by atoms with E-state index in [1.165, 1.54) is 7.11 Å². The number of methoxy groups -OCH3 is 1. The number of carbonyl (C=O) groups is 1. The molecule has 3 aromatic rings. The van der Waals surface area contributed by atoms with Crippen molar-refractivity contribution >= 4 is 50.7 Å². The largest absolute Gasteiger partial charge is 0.497 e. The van der Waals surface area contributed by atoms with Crippen molar-refractivity contribution < 1.29 is 17.9 Å². The Morgan fingerprint density at radius 1 is 1.03 bits per heavy atom. The minimum Gasteiger partial charge on any atom is -0.497 e. The molecule has 3 aromatic carbocycles. The van der Waals surface area contributed by atoms with Crippen LogP contribution < -0.4 is 14.4 Å². The van der Waals surface area contributed by atoms with Gasteiger partial charge in [0.25, 0.3) is 0 Å². The molecule has 0 unspecified atom stereocenters. The molecule has 3 rings (SSSR count). The van der Waals surface area contributed by atoms with Gasteiger partial charge in [-0.25, -0.2) is 8.42 Å². The van der Waals surface area contributed by atoms with E-state index < -0.39 is 15.9 Å². The molecule has 0 aliphatic rings. The number of nitrogens with one attached hydrogen (secondary N) is 1. The fourth-order valence-electron chi connectivity index (χ4n) is 2.91. The fourth-order valence-corrected chi connectivity index (χ4v) is 4.85. The molecule has 0 atom stereocenters. The summed E-state index contributed by atoms with van der Waals surface area (Å²) in [6, 6.07) is 21.5. The van der Waals surface area contributed by atoms with Crippen molar-refractivity contribution in [2.45, 2.75) is 10.6 Å². The number of sulfonamides is 1. The molecule has 0 spiro atoms. The summed E-state index contributed by atoms with van der Waals surface area (Å²) in [5, 5.41) is 3.52. The summed E-state index contributed by atoms with van der Waals surface area (Å²) < 4.78 is 30.8. The van der Waals surface area contributed by atoms with Crippen LogP contribution in [0, 0.1) is 0 Å². The van der Waals surface area contributed by atoms with Gasteiger partial charge in [-0.15, -0.1) is 11.8 Å². The van der Waals surface area contributed by atoms with Crippen LogP contribution in [0.3, 0.4) is 0 Å². The molecule has 0 saturated carbocycles. The number of hydrogen-bond donors (Lipinski definition) is 1. The highest BCUT2D eigenvalue weighted by atomic mass is 35.5. The van der Waals surface area contributed by atoms with E-state index in [1.807, 2.05) is 42.5 Å². The lowest BCUT2D eigenvalue weighted by Gasteiger charge is -2.22. The van der Waals surface area contributed by atoms with E-state index in [0.29, 0.717) is 27.9 Å². The highest BCUT2D eigenvalue weighted by Gasteiger charge is 2.21. The molecule has 0 bridgehead atoms. The number of halogens is 1. The first-order valence-electron chi connectivity index (χ1n) is 9.64. The lowest BCUT2D eigenvalue weighted by molar-refractivity contribution is -0.114. The van der Waals surface area contributed by atoms with E-state index in [0.717, 1.165) is 21.0 Å². The Kier molecular flexibility index (Phi) is 8.06. The number of nitrogens with zero attached hydrogens (tertiary/aromatic N) is 1. The number of amides is 1. The third kappa shape index (κ3) is 6.66. The molecule has 0 saturated heterocycles. The first kappa shape index (κ1) is 24.0. The first-order valence-corrected chi connectivity index (χ1v) is 12.9. The highest BCUT2D eigenvalue weighted by Crippen LogP contribution is 2.30. The summed E-state index contributed by atoms with van der Waals surface area (Å²) in [6.07, 6.45) is 1.07. The standard InChI is InChI=1S/C23H23ClN2O4S2/c1-30-20-13-11-19(12-14-20)26(32(2,28)29)15-23(27)25-21-5-3-4-6-22(21)31-16-17-7-9-18(24)10-8-17/h3-14H,15-16H2,1-2H3,(H,25,27). The molecule has 0 fully saturated rings. The molecule has 32 heavy (non-hydrogen) atoms. The Morgan fingerprint density at radius 2 is 1.69 bits per heavy atom. The summed E-state index contributed by atoms with van der Waals surface area (Å²) in [7, 11) is -2.14. The van der Waals surface area contributed by atoms with Crippen LogP contribution in [0.4, 0.5) is 11.4 Å². The van der Waals surface area contributed by atoms with Gasteiger partial charge in [0.1, 0.15) is 12.3 Å². The van der Waals surface area contributed by atoms with Gasteiger partial charge in [-0.05, 0) is 54.1 Å². The minimum absolute atomic E-state index is 0.346. The third-order valence-corrected chi connectivity index (χ3v) is 7.05. The van der Waals surface area contributed by atoms with Gasteiger partial charge in [0.2, 0.25) is 15.9 Å². The summed E-state index contributed by atoms with van der Waals surface area (Å²) in [4.78, 5) is 13.6. The maximum Gasteiger partial charge on any atom is 0.245 e. The summed E-state index contributed by atoms with van der Waals surface area (Å²) in [6.45, 7) is -0.346. The monoisotopic (exact) mass is 490 g/mol. The first-order chi connectivity index (χ1) is 15.3. The van der Waals surface area contributed by atoms with Crippen LogP contribution in [0.25, 0.3) is 0 Å². The van der Waals surface area contributed by atoms with Gasteiger partial charge in [0.15, 0.2) is 0 Å². The average molecular weight is 491 g/mol. The molecule has 0 aliphatic carbocycles. The van der Waals surface area contributed by atoms with E-state index in [-0.39, 0.29) is 6.54 Å². The number of carbonyl (C=O) groups excluding carboxylic acids is 1. The molecule has 9 heteroatoms. The third-order valence-electron chi connectivity index (χ3n) is 4.52. The minimum atomic E-state index is -3.67. The second-order valence-corrected chi connectivity index (χ2v) is 10.3. The van der Waals surface area contributed by atoms with Gasteiger partial charge in [0, 0.05) is 15.7 Å². The Bertz CT molecular complexity index is 1170. The predicted molar refractivity (Wildman–Crippen MR) is 131 cm³/mol. The molecule has 0 radical (unpaired) electrons. The maximum atomic E-state index is 12.8. The Balaban J connectivity index is 1.71. The van der Waals surface area contributed by atoms with E-state index >= 15 is 0 Å². The number of hydrogen-bond acceptors (Lipinski definition) is 5. The van der Waals surface area contributed by atoms with Crippen molar-refractivity contribution in [2.24, 2.45) is 0 Å². The Hall–Kier alpha value is -2.68. The van der Waals surface area contributed by atoms with Crippen molar-refractivity contribution in [2.75, 3.05) is 29.5 Å². The van der Waals surface area contributed by atoms with Gasteiger partial charge in [0.05, 0.1) is 24.7 Å². The smallest absolute Gasteiger partial charge is 0.245 e. The fraction of sp³-hybridized carbons (Fsp3) is 0.174. The van der Waals surface area contributed by atoms with Crippen LogP contribution >= 0.6 is 23.4 Å². The van der Waals surface area contributed by atoms with Gasteiger partial charge >= 0.3 is 0 Å². The molecule has 0 heterocycles. The van der Waals surface area contributed by atoms with Crippen molar-refractivity contribution in [3.05, 3.63) is 83.4 Å². The van der Waals surface area contributed by atoms with Crippen molar-refractivity contribution in [1.82, 2.24) is 0 Å². The van der Waals surface area contributed by atoms with E-state index in [9.17, 15) is 13.2 Å². The lowest BCUT2D eigenvalue weighted by atomic mass is 10.2. The molecule has 1 amide bonds. The Labute approximate surface area is 197 Å². The quantitative estimate of drug-likeness (QED) is 0.425. The van der Waals surface area contributed by atoms with E-state index in [2.05, 4.69) is 5.32 Å². The predicted octanol–water partition coefficient (Wildman–Crippen LogP) is 5.05. The highest BCUT2D eigenvalue weighted by molar-refractivity contribution is 7.98. The van der Waals surface area contributed by atoms with Crippen LogP contribution in [0.15, 0.2) is 77.7 Å². The van der Waals surface area contributed by atoms with Crippen LogP contribution in [0.5, 0.6) is 5.75 Å². The van der Waals surface area contributed by atoms with Gasteiger partial charge in [-0.2, -0.15) is 0 Å². The lowest BCUT2D eigenvalue weighted by Crippen LogP contribution is -2.37.